The molecule has 0 aliphatic carbocycles. The Hall–Kier alpha value is -1.86. The van der Waals surface area contributed by atoms with E-state index in [-0.39, 0.29) is 10.1 Å². The molecule has 104 valence electrons. The Kier molecular flexibility index (Phi) is 4.10. The maximum atomic E-state index is 12.2. The summed E-state index contributed by atoms with van der Waals surface area (Å²) in [5.74, 6) is -1.38. The molecule has 1 aliphatic rings. The van der Waals surface area contributed by atoms with E-state index in [0.29, 0.717) is 4.91 Å². The number of carbonyl (C=O) groups is 2. The Morgan fingerprint density at radius 1 is 1.40 bits per heavy atom. The summed E-state index contributed by atoms with van der Waals surface area (Å²) in [6.45, 7) is 1.41. The van der Waals surface area contributed by atoms with Crippen molar-refractivity contribution >= 4 is 46.3 Å². The molecule has 1 atom stereocenters. The number of thiocarbonyl (C=S) groups is 1. The normalized spacial score (nSPS) is 18.6. The molecule has 0 saturated carbocycles. The minimum atomic E-state index is -1.10. The number of carboxylic acid groups (broad SMARTS) is 1. The fraction of sp³-hybridized carbons (Fsp3) is 0.154. The van der Waals surface area contributed by atoms with Crippen LogP contribution in [-0.2, 0) is 9.59 Å². The van der Waals surface area contributed by atoms with Crippen LogP contribution in [0.15, 0.2) is 29.2 Å². The lowest BCUT2D eigenvalue weighted by Gasteiger charge is -2.18. The van der Waals surface area contributed by atoms with E-state index in [1.165, 1.54) is 19.1 Å². The fourth-order valence-electron chi connectivity index (χ4n) is 1.65. The number of rotatable bonds is 3. The van der Waals surface area contributed by atoms with Gasteiger partial charge in [-0.1, -0.05) is 36.1 Å². The van der Waals surface area contributed by atoms with Crippen LogP contribution < -0.4 is 0 Å². The number of carboxylic acids is 1. The number of phenols is 1. The van der Waals surface area contributed by atoms with E-state index in [1.54, 1.807) is 18.2 Å². The van der Waals surface area contributed by atoms with E-state index in [4.69, 9.17) is 17.3 Å². The number of phenolic OH excluding ortho intramolecular Hbond substituents is 1. The van der Waals surface area contributed by atoms with E-state index in [9.17, 15) is 14.7 Å². The van der Waals surface area contributed by atoms with Crippen molar-refractivity contribution in [3.8, 4) is 5.75 Å². The van der Waals surface area contributed by atoms with Gasteiger partial charge in [-0.05, 0) is 30.7 Å². The lowest BCUT2D eigenvalue weighted by atomic mass is 10.2. The van der Waals surface area contributed by atoms with Crippen LogP contribution in [0, 0.1) is 0 Å². The van der Waals surface area contributed by atoms with Gasteiger partial charge in [0.1, 0.15) is 16.1 Å². The van der Waals surface area contributed by atoms with E-state index in [2.05, 4.69) is 0 Å². The van der Waals surface area contributed by atoms with Crippen LogP contribution in [0.1, 0.15) is 12.5 Å². The molecule has 1 saturated heterocycles. The topological polar surface area (TPSA) is 77.8 Å². The monoisotopic (exact) mass is 309 g/mol. The molecule has 2 N–H and O–H groups in total. The van der Waals surface area contributed by atoms with Crippen molar-refractivity contribution < 1.29 is 19.8 Å². The molecule has 1 amide bonds. The van der Waals surface area contributed by atoms with E-state index >= 15 is 0 Å². The van der Waals surface area contributed by atoms with Crippen LogP contribution in [0.2, 0.25) is 0 Å². The third-order valence-electron chi connectivity index (χ3n) is 2.76. The lowest BCUT2D eigenvalue weighted by Crippen LogP contribution is -2.41. The zero-order valence-electron chi connectivity index (χ0n) is 10.4. The summed E-state index contributed by atoms with van der Waals surface area (Å²) in [5, 5.41) is 18.2. The highest BCUT2D eigenvalue weighted by molar-refractivity contribution is 8.26. The summed E-state index contributed by atoms with van der Waals surface area (Å²) < 4.78 is 0.231. The number of hydrogen-bond donors (Lipinski definition) is 2. The Morgan fingerprint density at radius 3 is 2.55 bits per heavy atom. The summed E-state index contributed by atoms with van der Waals surface area (Å²) >= 11 is 6.12. The van der Waals surface area contributed by atoms with Gasteiger partial charge in [0, 0.05) is 0 Å². The molecule has 1 fully saturated rings. The van der Waals surface area contributed by atoms with Gasteiger partial charge in [0.15, 0.2) is 0 Å². The quantitative estimate of drug-likeness (QED) is 0.657. The van der Waals surface area contributed by atoms with Crippen molar-refractivity contribution in [1.82, 2.24) is 4.90 Å². The maximum Gasteiger partial charge on any atom is 0.326 e. The molecule has 5 nitrogen and oxygen atoms in total. The number of aliphatic carboxylic acids is 1. The average molecular weight is 309 g/mol. The van der Waals surface area contributed by atoms with E-state index in [0.717, 1.165) is 22.2 Å². The molecule has 0 spiro atoms. The molecule has 0 aromatic heterocycles. The first-order valence-electron chi connectivity index (χ1n) is 5.69. The fourth-order valence-corrected chi connectivity index (χ4v) is 3.06. The summed E-state index contributed by atoms with van der Waals surface area (Å²) in [4.78, 5) is 24.6. The minimum absolute atomic E-state index is 0.134. The smallest absolute Gasteiger partial charge is 0.326 e. The number of nitrogens with zero attached hydrogens (tertiary/aromatic N) is 1. The predicted molar refractivity (Wildman–Crippen MR) is 80.2 cm³/mol. The molecule has 2 rings (SSSR count). The first-order chi connectivity index (χ1) is 9.40. The van der Waals surface area contributed by atoms with Crippen LogP contribution >= 0.6 is 24.0 Å². The highest BCUT2D eigenvalue weighted by atomic mass is 32.2. The van der Waals surface area contributed by atoms with Crippen molar-refractivity contribution in [3.63, 3.8) is 0 Å². The van der Waals surface area contributed by atoms with Crippen LogP contribution in [0.25, 0.3) is 6.08 Å². The summed E-state index contributed by atoms with van der Waals surface area (Å²) in [6.07, 6.45) is 1.62. The molecule has 0 radical (unpaired) electrons. The maximum absolute atomic E-state index is 12.2. The van der Waals surface area contributed by atoms with Gasteiger partial charge in [-0.2, -0.15) is 0 Å². The second-order valence-corrected chi connectivity index (χ2v) is 5.83. The van der Waals surface area contributed by atoms with Crippen molar-refractivity contribution in [2.24, 2.45) is 0 Å². The largest absolute Gasteiger partial charge is 0.508 e. The lowest BCUT2D eigenvalue weighted by molar-refractivity contribution is -0.144. The molecule has 1 aromatic carbocycles. The standard InChI is InChI=1S/C13H11NO4S2/c1-7(12(17)18)14-11(16)10(20-13(14)19)6-8-2-4-9(15)5-3-8/h2-7,15H,1H3,(H,17,18)/b10-6-/t7-/m1/s1. The Balaban J connectivity index is 2.28. The Bertz CT molecular complexity index is 609. The second kappa shape index (κ2) is 5.64. The van der Waals surface area contributed by atoms with Crippen molar-refractivity contribution in [2.45, 2.75) is 13.0 Å². The predicted octanol–water partition coefficient (Wildman–Crippen LogP) is 2.07. The molecule has 20 heavy (non-hydrogen) atoms. The molecular weight excluding hydrogens is 298 g/mol. The van der Waals surface area contributed by atoms with Crippen LogP contribution in [0.5, 0.6) is 5.75 Å². The molecule has 1 heterocycles. The number of aromatic hydroxyl groups is 1. The van der Waals surface area contributed by atoms with Gasteiger partial charge in [-0.3, -0.25) is 9.69 Å². The Labute approximate surface area is 124 Å². The van der Waals surface area contributed by atoms with Gasteiger partial charge < -0.3 is 10.2 Å². The summed E-state index contributed by atoms with van der Waals surface area (Å²) in [5.41, 5.74) is 0.728. The third kappa shape index (κ3) is 2.83. The summed E-state index contributed by atoms with van der Waals surface area (Å²) in [7, 11) is 0. The highest BCUT2D eigenvalue weighted by Gasteiger charge is 2.38. The molecular formula is C13H11NO4S2. The van der Waals surface area contributed by atoms with Gasteiger partial charge in [0.25, 0.3) is 5.91 Å². The van der Waals surface area contributed by atoms with Gasteiger partial charge in [0.05, 0.1) is 4.91 Å². The van der Waals surface area contributed by atoms with Crippen molar-refractivity contribution in [3.05, 3.63) is 34.7 Å². The first-order valence-corrected chi connectivity index (χ1v) is 6.91. The van der Waals surface area contributed by atoms with Crippen LogP contribution in [0.4, 0.5) is 0 Å². The van der Waals surface area contributed by atoms with Gasteiger partial charge >= 0.3 is 5.97 Å². The van der Waals surface area contributed by atoms with Gasteiger partial charge in [-0.15, -0.1) is 0 Å². The molecule has 0 unspecified atom stereocenters. The molecule has 1 aliphatic heterocycles. The molecule has 7 heteroatoms. The van der Waals surface area contributed by atoms with Gasteiger partial charge in [-0.25, -0.2) is 4.79 Å². The average Bonchev–Trinajstić information content (AvgIpc) is 2.66. The highest BCUT2D eigenvalue weighted by Crippen LogP contribution is 2.34. The van der Waals surface area contributed by atoms with Crippen molar-refractivity contribution in [2.75, 3.05) is 0 Å². The van der Waals surface area contributed by atoms with Crippen LogP contribution in [-0.4, -0.2) is 37.4 Å². The zero-order valence-corrected chi connectivity index (χ0v) is 12.1. The number of carbonyl (C=O) groups excluding carboxylic acids is 1. The number of hydrogen-bond acceptors (Lipinski definition) is 5. The van der Waals surface area contributed by atoms with E-state index < -0.39 is 17.9 Å². The van der Waals surface area contributed by atoms with Crippen molar-refractivity contribution in [1.29, 1.82) is 0 Å². The number of benzene rings is 1. The second-order valence-electron chi connectivity index (χ2n) is 4.16. The van der Waals surface area contributed by atoms with Gasteiger partial charge in [0.2, 0.25) is 0 Å². The zero-order chi connectivity index (χ0) is 14.9. The third-order valence-corrected chi connectivity index (χ3v) is 4.09. The SMILES string of the molecule is C[C@H](C(=O)O)N1C(=O)/C(=C/c2ccc(O)cc2)SC1=S. The first kappa shape index (κ1) is 14.5. The molecule has 1 aromatic rings. The Morgan fingerprint density at radius 2 is 2.00 bits per heavy atom. The van der Waals surface area contributed by atoms with Crippen LogP contribution in [0.3, 0.4) is 0 Å². The summed E-state index contributed by atoms with van der Waals surface area (Å²) in [6, 6.07) is 5.33. The molecule has 0 bridgehead atoms. The number of amides is 1. The minimum Gasteiger partial charge on any atom is -0.508 e. The van der Waals surface area contributed by atoms with E-state index in [1.807, 2.05) is 0 Å². The number of thioether (sulfide) groups is 1.